The average Bonchev–Trinajstić information content (AvgIpc) is 2.99. The highest BCUT2D eigenvalue weighted by Crippen LogP contribution is 2.38. The summed E-state index contributed by atoms with van der Waals surface area (Å²) in [7, 11) is 0. The van der Waals surface area contributed by atoms with Crippen molar-refractivity contribution in [3.63, 3.8) is 0 Å². The number of aryl methyl sites for hydroxylation is 2. The highest BCUT2D eigenvalue weighted by Gasteiger charge is 2.19. The van der Waals surface area contributed by atoms with E-state index in [1.165, 1.54) is 33.4 Å². The lowest BCUT2D eigenvalue weighted by atomic mass is 9.96. The Labute approximate surface area is 141 Å². The fraction of sp³-hybridized carbons (Fsp3) is 0.136. The Kier molecular flexibility index (Phi) is 3.66. The minimum Gasteiger partial charge on any atom is -0.478 e. The van der Waals surface area contributed by atoms with Gasteiger partial charge in [-0.2, -0.15) is 0 Å². The number of fused-ring (bicyclic) bond motifs is 3. The van der Waals surface area contributed by atoms with Gasteiger partial charge >= 0.3 is 5.97 Å². The zero-order valence-electron chi connectivity index (χ0n) is 13.3. The van der Waals surface area contributed by atoms with Gasteiger partial charge in [0.15, 0.2) is 0 Å². The van der Waals surface area contributed by atoms with Crippen molar-refractivity contribution in [3.8, 4) is 11.1 Å². The normalized spacial score (nSPS) is 11.8. The van der Waals surface area contributed by atoms with E-state index in [4.69, 9.17) is 5.11 Å². The number of hydrogen-bond acceptors (Lipinski definition) is 1. The van der Waals surface area contributed by atoms with Crippen molar-refractivity contribution in [1.82, 2.24) is 0 Å². The van der Waals surface area contributed by atoms with Crippen molar-refractivity contribution in [3.05, 3.63) is 94.5 Å². The summed E-state index contributed by atoms with van der Waals surface area (Å²) in [6, 6.07) is 22.4. The topological polar surface area (TPSA) is 37.3 Å². The number of carboxylic acid groups (broad SMARTS) is 1. The molecule has 0 saturated carbocycles. The first-order valence-corrected chi connectivity index (χ1v) is 8.23. The third-order valence-electron chi connectivity index (χ3n) is 4.83. The van der Waals surface area contributed by atoms with Crippen LogP contribution in [0.25, 0.3) is 11.1 Å². The molecule has 1 aliphatic carbocycles. The summed E-state index contributed by atoms with van der Waals surface area (Å²) in [5.74, 6) is -0.875. The maximum Gasteiger partial charge on any atom is 0.335 e. The van der Waals surface area contributed by atoms with Crippen molar-refractivity contribution in [1.29, 1.82) is 0 Å². The molecule has 0 fully saturated rings. The molecular formula is C22H18O2. The maximum absolute atomic E-state index is 10.9. The quantitative estimate of drug-likeness (QED) is 0.590. The smallest absolute Gasteiger partial charge is 0.335 e. The van der Waals surface area contributed by atoms with Crippen LogP contribution in [0.1, 0.15) is 32.6 Å². The van der Waals surface area contributed by atoms with Crippen molar-refractivity contribution in [2.45, 2.75) is 19.3 Å². The first kappa shape index (κ1) is 14.7. The van der Waals surface area contributed by atoms with E-state index in [1.807, 2.05) is 12.1 Å². The van der Waals surface area contributed by atoms with Crippen LogP contribution in [0, 0.1) is 0 Å². The zero-order chi connectivity index (χ0) is 16.5. The molecule has 2 heteroatoms. The van der Waals surface area contributed by atoms with E-state index in [1.54, 1.807) is 12.1 Å². The minimum atomic E-state index is -0.875. The molecule has 0 atom stereocenters. The molecule has 3 aromatic rings. The second kappa shape index (κ2) is 5.97. The molecule has 0 unspecified atom stereocenters. The molecule has 0 aromatic heterocycles. The fourth-order valence-electron chi connectivity index (χ4n) is 3.55. The summed E-state index contributed by atoms with van der Waals surface area (Å²) in [6.07, 6.45) is 2.91. The van der Waals surface area contributed by atoms with Gasteiger partial charge in [0, 0.05) is 0 Å². The summed E-state index contributed by atoms with van der Waals surface area (Å²) in [5, 5.41) is 8.98. The van der Waals surface area contributed by atoms with Crippen LogP contribution in [-0.2, 0) is 19.3 Å². The van der Waals surface area contributed by atoms with E-state index in [0.717, 1.165) is 19.3 Å². The van der Waals surface area contributed by atoms with Gasteiger partial charge in [0.2, 0.25) is 0 Å². The Morgan fingerprint density at radius 1 is 0.833 bits per heavy atom. The van der Waals surface area contributed by atoms with Gasteiger partial charge in [0.1, 0.15) is 0 Å². The molecule has 0 radical (unpaired) electrons. The molecule has 0 bridgehead atoms. The Balaban J connectivity index is 1.55. The molecule has 2 nitrogen and oxygen atoms in total. The third kappa shape index (κ3) is 2.61. The molecule has 0 saturated heterocycles. The monoisotopic (exact) mass is 314 g/mol. The van der Waals surface area contributed by atoms with Gasteiger partial charge in [-0.25, -0.2) is 4.79 Å². The Morgan fingerprint density at radius 3 is 2.38 bits per heavy atom. The highest BCUT2D eigenvalue weighted by atomic mass is 16.4. The van der Waals surface area contributed by atoms with Crippen LogP contribution < -0.4 is 0 Å². The zero-order valence-corrected chi connectivity index (χ0v) is 13.3. The molecule has 118 valence electrons. The second-order valence-corrected chi connectivity index (χ2v) is 6.28. The Morgan fingerprint density at radius 2 is 1.58 bits per heavy atom. The molecule has 24 heavy (non-hydrogen) atoms. The molecule has 0 spiro atoms. The van der Waals surface area contributed by atoms with Crippen molar-refractivity contribution >= 4 is 5.97 Å². The number of rotatable bonds is 4. The molecule has 0 amide bonds. The SMILES string of the molecule is O=C(O)c1ccc(CCc2cccc3c2Cc2ccccc2-3)cc1. The number of carbonyl (C=O) groups is 1. The Bertz CT molecular complexity index is 908. The van der Waals surface area contributed by atoms with E-state index in [2.05, 4.69) is 42.5 Å². The minimum absolute atomic E-state index is 0.342. The number of hydrogen-bond donors (Lipinski definition) is 1. The summed E-state index contributed by atoms with van der Waals surface area (Å²) >= 11 is 0. The van der Waals surface area contributed by atoms with E-state index >= 15 is 0 Å². The fourth-order valence-corrected chi connectivity index (χ4v) is 3.55. The van der Waals surface area contributed by atoms with Crippen LogP contribution in [0.4, 0.5) is 0 Å². The Hall–Kier alpha value is -2.87. The van der Waals surface area contributed by atoms with Gasteiger partial charge in [-0.05, 0) is 64.8 Å². The van der Waals surface area contributed by atoms with Crippen molar-refractivity contribution in [2.75, 3.05) is 0 Å². The van der Waals surface area contributed by atoms with E-state index in [-0.39, 0.29) is 0 Å². The number of aromatic carboxylic acids is 1. The second-order valence-electron chi connectivity index (χ2n) is 6.28. The van der Waals surface area contributed by atoms with Gasteiger partial charge in [0.05, 0.1) is 5.56 Å². The van der Waals surface area contributed by atoms with Crippen LogP contribution in [0.3, 0.4) is 0 Å². The van der Waals surface area contributed by atoms with Crippen LogP contribution in [0.2, 0.25) is 0 Å². The molecule has 0 aliphatic heterocycles. The standard InChI is InChI=1S/C22H18O2/c23-22(24)17-12-9-15(10-13-17)8-11-16-5-3-7-20-19-6-2-1-4-18(19)14-21(16)20/h1-7,9-10,12-13H,8,11,14H2,(H,23,24). The molecule has 1 aliphatic rings. The van der Waals surface area contributed by atoms with Gasteiger partial charge < -0.3 is 5.11 Å². The molecule has 3 aromatic carbocycles. The summed E-state index contributed by atoms with van der Waals surface area (Å²) in [6.45, 7) is 0. The number of benzene rings is 3. The molecule has 0 heterocycles. The van der Waals surface area contributed by atoms with Crippen molar-refractivity contribution in [2.24, 2.45) is 0 Å². The lowest BCUT2D eigenvalue weighted by Gasteiger charge is -2.09. The van der Waals surface area contributed by atoms with E-state index < -0.39 is 5.97 Å². The van der Waals surface area contributed by atoms with E-state index in [9.17, 15) is 4.79 Å². The number of carboxylic acids is 1. The van der Waals surface area contributed by atoms with Crippen LogP contribution in [0.15, 0.2) is 66.7 Å². The van der Waals surface area contributed by atoms with Crippen LogP contribution in [-0.4, -0.2) is 11.1 Å². The highest BCUT2D eigenvalue weighted by molar-refractivity contribution is 5.87. The predicted molar refractivity (Wildman–Crippen MR) is 95.5 cm³/mol. The summed E-state index contributed by atoms with van der Waals surface area (Å²) < 4.78 is 0. The first-order chi connectivity index (χ1) is 11.7. The largest absolute Gasteiger partial charge is 0.478 e. The summed E-state index contributed by atoms with van der Waals surface area (Å²) in [5.41, 5.74) is 8.49. The predicted octanol–water partition coefficient (Wildman–Crippen LogP) is 4.74. The van der Waals surface area contributed by atoms with Gasteiger partial charge in [-0.3, -0.25) is 0 Å². The molecular weight excluding hydrogens is 296 g/mol. The lowest BCUT2D eigenvalue weighted by Crippen LogP contribution is -1.98. The van der Waals surface area contributed by atoms with E-state index in [0.29, 0.717) is 5.56 Å². The summed E-state index contributed by atoms with van der Waals surface area (Å²) in [4.78, 5) is 10.9. The third-order valence-corrected chi connectivity index (χ3v) is 4.83. The van der Waals surface area contributed by atoms with Gasteiger partial charge in [0.25, 0.3) is 0 Å². The van der Waals surface area contributed by atoms with Gasteiger partial charge in [-0.15, -0.1) is 0 Å². The molecule has 1 N–H and O–H groups in total. The van der Waals surface area contributed by atoms with Crippen molar-refractivity contribution < 1.29 is 9.90 Å². The molecule has 4 rings (SSSR count). The van der Waals surface area contributed by atoms with Gasteiger partial charge in [-0.1, -0.05) is 54.6 Å². The van der Waals surface area contributed by atoms with Crippen LogP contribution in [0.5, 0.6) is 0 Å². The lowest BCUT2D eigenvalue weighted by molar-refractivity contribution is 0.0697. The van der Waals surface area contributed by atoms with Crippen LogP contribution >= 0.6 is 0 Å². The first-order valence-electron chi connectivity index (χ1n) is 8.23. The average molecular weight is 314 g/mol. The maximum atomic E-state index is 10.9.